The van der Waals surface area contributed by atoms with Gasteiger partial charge in [-0.1, -0.05) is 30.3 Å². The number of nitrogens with two attached hydrogens (primary N) is 1. The molecule has 3 aromatic carbocycles. The molecule has 0 spiro atoms. The van der Waals surface area contributed by atoms with E-state index >= 15 is 0 Å². The van der Waals surface area contributed by atoms with E-state index in [0.29, 0.717) is 39.8 Å². The number of aromatic nitrogens is 6. The first-order chi connectivity index (χ1) is 20.8. The molecular formula is C32H28N8O3. The average molecular weight is 573 g/mol. The molecule has 0 unspecified atom stereocenters. The van der Waals surface area contributed by atoms with Crippen molar-refractivity contribution in [3.05, 3.63) is 113 Å². The minimum atomic E-state index is -0.493. The highest BCUT2D eigenvalue weighted by Gasteiger charge is 2.22. The van der Waals surface area contributed by atoms with Crippen molar-refractivity contribution in [2.45, 2.75) is 6.92 Å². The van der Waals surface area contributed by atoms with E-state index in [1.54, 1.807) is 62.4 Å². The third-order valence-electron chi connectivity index (χ3n) is 7.23. The molecule has 0 saturated carbocycles. The smallest absolute Gasteiger partial charge is 0.284 e. The molecule has 0 atom stereocenters. The van der Waals surface area contributed by atoms with Crippen molar-refractivity contribution in [2.24, 2.45) is 7.05 Å². The third kappa shape index (κ3) is 5.15. The highest BCUT2D eigenvalue weighted by Crippen LogP contribution is 2.32. The van der Waals surface area contributed by atoms with E-state index in [-0.39, 0.29) is 11.4 Å². The van der Waals surface area contributed by atoms with Crippen LogP contribution in [-0.2, 0) is 7.05 Å². The topological polar surface area (TPSA) is 146 Å². The Kier molecular flexibility index (Phi) is 7.04. The maximum Gasteiger partial charge on any atom is 0.284 e. The molecule has 43 heavy (non-hydrogen) atoms. The lowest BCUT2D eigenvalue weighted by atomic mass is 10.0. The lowest BCUT2D eigenvalue weighted by Crippen LogP contribution is -2.25. The van der Waals surface area contributed by atoms with Gasteiger partial charge in [0, 0.05) is 35.6 Å². The predicted octanol–water partition coefficient (Wildman–Crippen LogP) is 4.84. The second kappa shape index (κ2) is 11.1. The number of carbonyl (C=O) groups is 1. The van der Waals surface area contributed by atoms with Crippen LogP contribution in [0.25, 0.3) is 39.5 Å². The molecule has 6 aromatic rings. The van der Waals surface area contributed by atoms with Crippen molar-refractivity contribution in [1.29, 1.82) is 0 Å². The fourth-order valence-corrected chi connectivity index (χ4v) is 4.92. The van der Waals surface area contributed by atoms with Crippen LogP contribution in [0.4, 0.5) is 11.5 Å². The van der Waals surface area contributed by atoms with Crippen LogP contribution in [0.1, 0.15) is 16.1 Å². The number of para-hydroxylation sites is 1. The van der Waals surface area contributed by atoms with Crippen molar-refractivity contribution < 1.29 is 9.53 Å². The Bertz CT molecular complexity index is 1990. The fraction of sp³-hybridized carbons (Fsp3) is 0.0938. The molecule has 0 radical (unpaired) electrons. The average Bonchev–Trinajstić information content (AvgIpc) is 3.64. The largest absolute Gasteiger partial charge is 0.497 e. The second-order valence-electron chi connectivity index (χ2n) is 9.87. The van der Waals surface area contributed by atoms with Crippen molar-refractivity contribution >= 4 is 17.4 Å². The lowest BCUT2D eigenvalue weighted by molar-refractivity contribution is 0.102. The van der Waals surface area contributed by atoms with Gasteiger partial charge in [-0.05, 0) is 55.5 Å². The molecule has 0 aliphatic heterocycles. The molecule has 11 heteroatoms. The van der Waals surface area contributed by atoms with E-state index in [1.807, 2.05) is 54.6 Å². The van der Waals surface area contributed by atoms with Crippen molar-refractivity contribution in [3.8, 4) is 45.2 Å². The summed E-state index contributed by atoms with van der Waals surface area (Å²) in [4.78, 5) is 35.7. The SMILES string of the molecule is COc1cc(-c2cc[nH]n2)cc(-c2cnc(N)c(-c3ccc(NC(=O)c4c(C)n(C)n(-c5ccccc5)c4=O)cc3)n2)c1. The first-order valence-electron chi connectivity index (χ1n) is 13.4. The van der Waals surface area contributed by atoms with Crippen LogP contribution in [0.2, 0.25) is 0 Å². The minimum Gasteiger partial charge on any atom is -0.497 e. The van der Waals surface area contributed by atoms with Gasteiger partial charge in [0.25, 0.3) is 11.5 Å². The molecule has 6 rings (SSSR count). The maximum absolute atomic E-state index is 13.2. The molecule has 4 N–H and O–H groups in total. The Morgan fingerprint density at radius 2 is 1.67 bits per heavy atom. The molecule has 0 bridgehead atoms. The Morgan fingerprint density at radius 1 is 0.953 bits per heavy atom. The van der Waals surface area contributed by atoms with Crippen LogP contribution >= 0.6 is 0 Å². The van der Waals surface area contributed by atoms with Gasteiger partial charge in [0.2, 0.25) is 0 Å². The van der Waals surface area contributed by atoms with Gasteiger partial charge in [0.05, 0.1) is 36.1 Å². The number of hydrogen-bond donors (Lipinski definition) is 3. The number of aromatic amines is 1. The summed E-state index contributed by atoms with van der Waals surface area (Å²) in [7, 11) is 3.35. The van der Waals surface area contributed by atoms with E-state index in [4.69, 9.17) is 15.5 Å². The Balaban J connectivity index is 1.27. The van der Waals surface area contributed by atoms with Gasteiger partial charge in [-0.2, -0.15) is 5.10 Å². The molecule has 1 amide bonds. The number of hydrogen-bond acceptors (Lipinski definition) is 7. The summed E-state index contributed by atoms with van der Waals surface area (Å²) in [6.45, 7) is 1.74. The van der Waals surface area contributed by atoms with Crippen molar-refractivity contribution in [2.75, 3.05) is 18.2 Å². The van der Waals surface area contributed by atoms with E-state index in [0.717, 1.165) is 16.8 Å². The minimum absolute atomic E-state index is 0.0748. The highest BCUT2D eigenvalue weighted by atomic mass is 16.5. The zero-order valence-electron chi connectivity index (χ0n) is 23.7. The number of ether oxygens (including phenoxy) is 1. The van der Waals surface area contributed by atoms with Crippen LogP contribution in [-0.4, -0.2) is 42.5 Å². The fourth-order valence-electron chi connectivity index (χ4n) is 4.92. The van der Waals surface area contributed by atoms with Crippen molar-refractivity contribution in [1.82, 2.24) is 29.5 Å². The van der Waals surface area contributed by atoms with Gasteiger partial charge in [-0.25, -0.2) is 14.6 Å². The number of methoxy groups -OCH3 is 1. The molecule has 0 aliphatic carbocycles. The lowest BCUT2D eigenvalue weighted by Gasteiger charge is -2.11. The standard InChI is InChI=1S/C32H28N8O3/c1-19-28(32(42)40(39(19)2)24-7-5-4-6-8-24)31(41)36-23-11-9-20(10-12-23)29-30(33)34-18-27(37-29)22-15-21(16-25(17-22)43-3)26-13-14-35-38-26/h4-18H,1-3H3,(H2,33,34)(H,35,38)(H,36,41). The van der Waals surface area contributed by atoms with Gasteiger partial charge in [0.15, 0.2) is 0 Å². The summed E-state index contributed by atoms with van der Waals surface area (Å²) in [5, 5.41) is 9.93. The van der Waals surface area contributed by atoms with Crippen LogP contribution in [0.3, 0.4) is 0 Å². The van der Waals surface area contributed by atoms with Gasteiger partial charge < -0.3 is 15.8 Å². The number of nitrogens with zero attached hydrogens (tertiary/aromatic N) is 5. The number of nitrogen functional groups attached to an aromatic ring is 1. The summed E-state index contributed by atoms with van der Waals surface area (Å²) in [5.74, 6) is 0.421. The monoisotopic (exact) mass is 572 g/mol. The van der Waals surface area contributed by atoms with E-state index in [2.05, 4.69) is 20.5 Å². The number of benzene rings is 3. The van der Waals surface area contributed by atoms with Gasteiger partial charge in [-0.3, -0.25) is 19.4 Å². The molecule has 214 valence electrons. The molecule has 0 fully saturated rings. The Morgan fingerprint density at radius 3 is 2.35 bits per heavy atom. The number of amides is 1. The highest BCUT2D eigenvalue weighted by molar-refractivity contribution is 6.05. The van der Waals surface area contributed by atoms with Crippen LogP contribution < -0.4 is 21.3 Å². The predicted molar refractivity (Wildman–Crippen MR) is 165 cm³/mol. The van der Waals surface area contributed by atoms with Gasteiger partial charge in [-0.15, -0.1) is 0 Å². The number of carbonyl (C=O) groups excluding carboxylic acids is 1. The molecule has 0 aliphatic rings. The van der Waals surface area contributed by atoms with E-state index in [1.165, 1.54) is 4.68 Å². The summed E-state index contributed by atoms with van der Waals surface area (Å²) in [6.07, 6.45) is 3.37. The van der Waals surface area contributed by atoms with Crippen molar-refractivity contribution in [3.63, 3.8) is 0 Å². The second-order valence-corrected chi connectivity index (χ2v) is 9.87. The van der Waals surface area contributed by atoms with E-state index < -0.39 is 11.5 Å². The quantitative estimate of drug-likeness (QED) is 0.248. The summed E-state index contributed by atoms with van der Waals surface area (Å²) in [5.41, 5.74) is 11.9. The number of rotatable bonds is 7. The Hall–Kier alpha value is -5.97. The zero-order chi connectivity index (χ0) is 30.1. The normalized spacial score (nSPS) is 11.0. The molecular weight excluding hydrogens is 544 g/mol. The number of H-pyrrole nitrogens is 1. The maximum atomic E-state index is 13.2. The summed E-state index contributed by atoms with van der Waals surface area (Å²) >= 11 is 0. The van der Waals surface area contributed by atoms with Crippen LogP contribution in [0.15, 0.2) is 96.1 Å². The summed E-state index contributed by atoms with van der Waals surface area (Å²) in [6, 6.07) is 23.8. The molecule has 3 aromatic heterocycles. The molecule has 3 heterocycles. The van der Waals surface area contributed by atoms with Gasteiger partial charge >= 0.3 is 0 Å². The molecule has 0 saturated heterocycles. The number of anilines is 2. The number of nitrogens with one attached hydrogen (secondary N) is 2. The van der Waals surface area contributed by atoms with E-state index in [9.17, 15) is 9.59 Å². The third-order valence-corrected chi connectivity index (χ3v) is 7.23. The molecule has 11 nitrogen and oxygen atoms in total. The first kappa shape index (κ1) is 27.2. The van der Waals surface area contributed by atoms with Crippen LogP contribution in [0, 0.1) is 6.92 Å². The summed E-state index contributed by atoms with van der Waals surface area (Å²) < 4.78 is 8.65. The Labute approximate surface area is 246 Å². The van der Waals surface area contributed by atoms with Crippen LogP contribution in [0.5, 0.6) is 5.75 Å². The van der Waals surface area contributed by atoms with Gasteiger partial charge in [0.1, 0.15) is 22.8 Å². The first-order valence-corrected chi connectivity index (χ1v) is 13.4. The zero-order valence-corrected chi connectivity index (χ0v) is 23.7.